The number of hydrogen-bond acceptors (Lipinski definition) is 5. The zero-order chi connectivity index (χ0) is 16.2. The number of esters is 1. The Kier molecular flexibility index (Phi) is 6.24. The van der Waals surface area contributed by atoms with Crippen LogP contribution in [0.15, 0.2) is 0 Å². The molecule has 1 aliphatic heterocycles. The van der Waals surface area contributed by atoms with Crippen LogP contribution < -0.4 is 0 Å². The number of rotatable bonds is 5. The van der Waals surface area contributed by atoms with Crippen LogP contribution in [-0.4, -0.2) is 60.0 Å². The van der Waals surface area contributed by atoms with Crippen molar-refractivity contribution < 1.29 is 19.4 Å². The van der Waals surface area contributed by atoms with Crippen molar-refractivity contribution in [1.29, 1.82) is 0 Å². The van der Waals surface area contributed by atoms with E-state index in [1.807, 2.05) is 20.8 Å². The van der Waals surface area contributed by atoms with Gasteiger partial charge in [-0.2, -0.15) is 0 Å². The molecule has 0 aromatic heterocycles. The molecular formula is C17H31NO4. The van der Waals surface area contributed by atoms with Crippen LogP contribution in [0.4, 0.5) is 0 Å². The van der Waals surface area contributed by atoms with Gasteiger partial charge in [0.2, 0.25) is 0 Å². The summed E-state index contributed by atoms with van der Waals surface area (Å²) >= 11 is 0. The van der Waals surface area contributed by atoms with E-state index >= 15 is 0 Å². The van der Waals surface area contributed by atoms with Gasteiger partial charge in [-0.25, -0.2) is 4.79 Å². The summed E-state index contributed by atoms with van der Waals surface area (Å²) in [5.74, 6) is 0.219. The molecule has 1 N–H and O–H groups in total. The maximum atomic E-state index is 11.6. The number of carbonyl (C=O) groups excluding carboxylic acids is 1. The number of ether oxygens (including phenoxy) is 2. The molecule has 0 spiro atoms. The maximum absolute atomic E-state index is 11.6. The number of likely N-dealkylation sites (tertiary alicyclic amines) is 1. The molecule has 2 rings (SSSR count). The van der Waals surface area contributed by atoms with Crippen LogP contribution in [0.2, 0.25) is 0 Å². The third-order valence-electron chi connectivity index (χ3n) is 4.56. The van der Waals surface area contributed by atoms with Gasteiger partial charge in [-0.15, -0.1) is 0 Å². The lowest BCUT2D eigenvalue weighted by molar-refractivity contribution is -0.160. The second-order valence-electron chi connectivity index (χ2n) is 7.65. The molecule has 2 aliphatic rings. The molecule has 0 bridgehead atoms. The van der Waals surface area contributed by atoms with E-state index in [1.165, 1.54) is 0 Å². The van der Waals surface area contributed by atoms with Crippen LogP contribution in [0.1, 0.15) is 52.9 Å². The van der Waals surface area contributed by atoms with Crippen LogP contribution >= 0.6 is 0 Å². The van der Waals surface area contributed by atoms with E-state index in [-0.39, 0.29) is 18.7 Å². The van der Waals surface area contributed by atoms with Gasteiger partial charge in [0.1, 0.15) is 12.2 Å². The minimum atomic E-state index is -0.450. The molecule has 128 valence electrons. The molecule has 0 radical (unpaired) electrons. The largest absolute Gasteiger partial charge is 0.458 e. The third-order valence-corrected chi connectivity index (χ3v) is 4.56. The van der Waals surface area contributed by atoms with E-state index in [2.05, 4.69) is 4.90 Å². The average molecular weight is 313 g/mol. The van der Waals surface area contributed by atoms with Crippen LogP contribution in [0, 0.1) is 5.92 Å². The first-order valence-corrected chi connectivity index (χ1v) is 8.57. The highest BCUT2D eigenvalue weighted by atomic mass is 16.6. The number of aliphatic hydroxyl groups excluding tert-OH is 1. The number of hydrogen-bond donors (Lipinski definition) is 1. The Morgan fingerprint density at radius 2 is 1.86 bits per heavy atom. The Hall–Kier alpha value is -0.650. The molecule has 1 saturated carbocycles. The lowest BCUT2D eigenvalue weighted by Gasteiger charge is -2.37. The summed E-state index contributed by atoms with van der Waals surface area (Å²) in [6, 6.07) is 0.364. The first-order chi connectivity index (χ1) is 10.3. The van der Waals surface area contributed by atoms with E-state index < -0.39 is 5.60 Å². The Morgan fingerprint density at radius 3 is 2.41 bits per heavy atom. The summed E-state index contributed by atoms with van der Waals surface area (Å²) < 4.78 is 10.7. The summed E-state index contributed by atoms with van der Waals surface area (Å²) in [5, 5.41) is 9.98. The Morgan fingerprint density at radius 1 is 1.18 bits per heavy atom. The predicted molar refractivity (Wildman–Crippen MR) is 84.6 cm³/mol. The van der Waals surface area contributed by atoms with Crippen molar-refractivity contribution in [2.45, 2.75) is 70.6 Å². The Bertz CT molecular complexity index is 358. The lowest BCUT2D eigenvalue weighted by Crippen LogP contribution is -2.45. The summed E-state index contributed by atoms with van der Waals surface area (Å²) in [6.07, 6.45) is 5.24. The monoisotopic (exact) mass is 313 g/mol. The molecule has 0 unspecified atom stereocenters. The van der Waals surface area contributed by atoms with Crippen LogP contribution in [0.5, 0.6) is 0 Å². The number of nitrogens with zero attached hydrogens (tertiary/aromatic N) is 1. The number of piperidine rings is 1. The van der Waals surface area contributed by atoms with Gasteiger partial charge in [0.05, 0.1) is 12.7 Å². The topological polar surface area (TPSA) is 59.0 Å². The molecule has 1 aliphatic carbocycles. The molecule has 0 aromatic rings. The third kappa shape index (κ3) is 5.52. The van der Waals surface area contributed by atoms with E-state index in [1.54, 1.807) is 0 Å². The molecular weight excluding hydrogens is 282 g/mol. The molecule has 0 aromatic carbocycles. The van der Waals surface area contributed by atoms with Gasteiger partial charge in [0.15, 0.2) is 0 Å². The van der Waals surface area contributed by atoms with Gasteiger partial charge in [-0.1, -0.05) is 0 Å². The molecule has 5 heteroatoms. The van der Waals surface area contributed by atoms with E-state index in [0.717, 1.165) is 45.2 Å². The van der Waals surface area contributed by atoms with Crippen LogP contribution in [0.25, 0.3) is 0 Å². The SMILES string of the molecule is CC(C)(C)OC(=O)COCC1CCN([C@@H]2CCC[C@H]2O)CC1. The molecule has 0 amide bonds. The summed E-state index contributed by atoms with van der Waals surface area (Å²) in [7, 11) is 0. The van der Waals surface area contributed by atoms with Crippen molar-refractivity contribution in [3.63, 3.8) is 0 Å². The first-order valence-electron chi connectivity index (χ1n) is 8.57. The highest BCUT2D eigenvalue weighted by Gasteiger charge is 2.32. The molecule has 1 saturated heterocycles. The van der Waals surface area contributed by atoms with Gasteiger partial charge in [0.25, 0.3) is 0 Å². The number of carbonyl (C=O) groups is 1. The fraction of sp³-hybridized carbons (Fsp3) is 0.941. The molecule has 2 fully saturated rings. The van der Waals surface area contributed by atoms with Crippen molar-refractivity contribution >= 4 is 5.97 Å². The molecule has 5 nitrogen and oxygen atoms in total. The highest BCUT2D eigenvalue weighted by molar-refractivity contribution is 5.71. The normalized spacial score (nSPS) is 28.0. The zero-order valence-electron chi connectivity index (χ0n) is 14.2. The van der Waals surface area contributed by atoms with E-state index in [0.29, 0.717) is 18.6 Å². The second kappa shape index (κ2) is 7.75. The van der Waals surface area contributed by atoms with Gasteiger partial charge < -0.3 is 14.6 Å². The Balaban J connectivity index is 1.60. The minimum absolute atomic E-state index is 0.0405. The average Bonchev–Trinajstić information content (AvgIpc) is 2.84. The van der Waals surface area contributed by atoms with Crippen LogP contribution in [-0.2, 0) is 14.3 Å². The maximum Gasteiger partial charge on any atom is 0.332 e. The fourth-order valence-electron chi connectivity index (χ4n) is 3.48. The summed E-state index contributed by atoms with van der Waals surface area (Å²) in [5.41, 5.74) is -0.450. The van der Waals surface area contributed by atoms with Crippen molar-refractivity contribution in [2.24, 2.45) is 5.92 Å². The van der Waals surface area contributed by atoms with Crippen molar-refractivity contribution in [3.8, 4) is 0 Å². The summed E-state index contributed by atoms with van der Waals surface area (Å²) in [4.78, 5) is 14.0. The minimum Gasteiger partial charge on any atom is -0.458 e. The van der Waals surface area contributed by atoms with E-state index in [4.69, 9.17) is 9.47 Å². The van der Waals surface area contributed by atoms with Crippen molar-refractivity contribution in [3.05, 3.63) is 0 Å². The van der Waals surface area contributed by atoms with Gasteiger partial charge in [-0.05, 0) is 71.9 Å². The smallest absolute Gasteiger partial charge is 0.332 e. The first kappa shape index (κ1) is 17.7. The molecule has 1 heterocycles. The zero-order valence-corrected chi connectivity index (χ0v) is 14.2. The van der Waals surface area contributed by atoms with Crippen molar-refractivity contribution in [1.82, 2.24) is 4.90 Å². The van der Waals surface area contributed by atoms with Gasteiger partial charge in [0, 0.05) is 6.04 Å². The van der Waals surface area contributed by atoms with Crippen molar-refractivity contribution in [2.75, 3.05) is 26.3 Å². The fourth-order valence-corrected chi connectivity index (χ4v) is 3.48. The summed E-state index contributed by atoms with van der Waals surface area (Å²) in [6.45, 7) is 8.30. The standard InChI is InChI=1S/C17H31NO4/c1-17(2,3)22-16(20)12-21-11-13-7-9-18(10-8-13)14-5-4-6-15(14)19/h13-15,19H,4-12H2,1-3H3/t14-,15-/m1/s1. The highest BCUT2D eigenvalue weighted by Crippen LogP contribution is 2.28. The van der Waals surface area contributed by atoms with E-state index in [9.17, 15) is 9.90 Å². The van der Waals surface area contributed by atoms with Crippen LogP contribution in [0.3, 0.4) is 0 Å². The second-order valence-corrected chi connectivity index (χ2v) is 7.65. The predicted octanol–water partition coefficient (Wildman–Crippen LogP) is 1.97. The molecule has 2 atom stereocenters. The quantitative estimate of drug-likeness (QED) is 0.786. The lowest BCUT2D eigenvalue weighted by atomic mass is 9.96. The molecule has 22 heavy (non-hydrogen) atoms. The Labute approximate surface area is 134 Å². The van der Waals surface area contributed by atoms with Gasteiger partial charge >= 0.3 is 5.97 Å². The van der Waals surface area contributed by atoms with Gasteiger partial charge in [-0.3, -0.25) is 4.90 Å². The number of aliphatic hydroxyl groups is 1.